The highest BCUT2D eigenvalue weighted by Gasteiger charge is 2.44. The third-order valence-electron chi connectivity index (χ3n) is 4.26. The zero-order valence-electron chi connectivity index (χ0n) is 15.0. The van der Waals surface area contributed by atoms with Crippen molar-refractivity contribution in [1.82, 2.24) is 8.28 Å². The van der Waals surface area contributed by atoms with Crippen LogP contribution in [0.25, 0.3) is 0 Å². The van der Waals surface area contributed by atoms with Crippen LogP contribution in [0.15, 0.2) is 42.0 Å². The normalized spacial score (nSPS) is 18.9. The fourth-order valence-corrected chi connectivity index (χ4v) is 4.14. The minimum Gasteiger partial charge on any atom is -0.279 e. The molecule has 3 rings (SSSR count). The van der Waals surface area contributed by atoms with Gasteiger partial charge in [0, 0.05) is 13.1 Å². The van der Waals surface area contributed by atoms with E-state index in [2.05, 4.69) is 12.2 Å². The van der Waals surface area contributed by atoms with Gasteiger partial charge in [-0.15, -0.1) is 3.97 Å². The van der Waals surface area contributed by atoms with Crippen LogP contribution in [-0.2, 0) is 27.4 Å². The minimum absolute atomic E-state index is 0.469. The Morgan fingerprint density at radius 1 is 1.11 bits per heavy atom. The van der Waals surface area contributed by atoms with E-state index in [9.17, 15) is 21.6 Å². The Bertz CT molecular complexity index is 979. The molecule has 0 saturated carbocycles. The second-order valence-corrected chi connectivity index (χ2v) is 9.54. The molecule has 1 aromatic rings. The molecule has 0 saturated heterocycles. The van der Waals surface area contributed by atoms with E-state index in [1.807, 2.05) is 7.05 Å². The first-order valence-electron chi connectivity index (χ1n) is 8.28. The third-order valence-corrected chi connectivity index (χ3v) is 6.57. The van der Waals surface area contributed by atoms with E-state index in [1.54, 1.807) is 23.3 Å². The summed E-state index contributed by atoms with van der Waals surface area (Å²) >= 11 is 0. The lowest BCUT2D eigenvalue weighted by Gasteiger charge is -2.24. The summed E-state index contributed by atoms with van der Waals surface area (Å²) in [5, 5.41) is 0. The lowest BCUT2D eigenvalue weighted by Crippen LogP contribution is -2.39. The predicted molar refractivity (Wildman–Crippen MR) is 93.7 cm³/mol. The first-order chi connectivity index (χ1) is 12.8. The molecule has 1 aliphatic heterocycles. The summed E-state index contributed by atoms with van der Waals surface area (Å²) in [5.74, 6) is 0. The maximum atomic E-state index is 12.5. The van der Waals surface area contributed by atoms with Gasteiger partial charge in [0.2, 0.25) is 0 Å². The van der Waals surface area contributed by atoms with E-state index in [-0.39, 0.29) is 0 Å². The molecule has 0 fully saturated rings. The highest BCUT2D eigenvalue weighted by atomic mass is 32.2. The Balaban J connectivity index is 0.000000300. The van der Waals surface area contributed by atoms with Gasteiger partial charge in [0.05, 0.1) is 7.05 Å². The van der Waals surface area contributed by atoms with Crippen LogP contribution < -0.4 is 4.57 Å². The Kier molecular flexibility index (Phi) is 6.74. The number of halogens is 3. The lowest BCUT2D eigenvalue weighted by molar-refractivity contribution is -0.670. The van der Waals surface area contributed by atoms with Crippen LogP contribution >= 0.6 is 0 Å². The molecule has 13 heteroatoms. The number of hydrogen-bond donors (Lipinski definition) is 1. The summed E-state index contributed by atoms with van der Waals surface area (Å²) in [7, 11) is -7.45. The van der Waals surface area contributed by atoms with Crippen molar-refractivity contribution in [1.29, 1.82) is 0 Å². The Hall–Kier alpha value is -1.70. The summed E-state index contributed by atoms with van der Waals surface area (Å²) < 4.78 is 87.0. The molecule has 8 nitrogen and oxygen atoms in total. The monoisotopic (exact) mass is 444 g/mol. The highest BCUT2D eigenvalue weighted by molar-refractivity contribution is 7.87. The molecule has 2 aliphatic rings. The largest absolute Gasteiger partial charge is 0.522 e. The van der Waals surface area contributed by atoms with E-state index >= 15 is 0 Å². The average Bonchev–Trinajstić information content (AvgIpc) is 3.25. The average molecular weight is 444 g/mol. The second kappa shape index (κ2) is 8.35. The Morgan fingerprint density at radius 3 is 2.11 bits per heavy atom. The fourth-order valence-electron chi connectivity index (χ4n) is 2.81. The van der Waals surface area contributed by atoms with Crippen molar-refractivity contribution in [3.63, 3.8) is 0 Å². The molecule has 1 aromatic heterocycles. The van der Waals surface area contributed by atoms with Gasteiger partial charge in [-0.3, -0.25) is 4.55 Å². The molecule has 1 aliphatic carbocycles. The van der Waals surface area contributed by atoms with Crippen molar-refractivity contribution in [2.75, 3.05) is 13.1 Å². The summed E-state index contributed by atoms with van der Waals surface area (Å²) in [4.78, 5) is 0. The summed E-state index contributed by atoms with van der Waals surface area (Å²) in [6.07, 6.45) is 13.6. The van der Waals surface area contributed by atoms with Gasteiger partial charge in [-0.1, -0.05) is 12.2 Å². The van der Waals surface area contributed by atoms with Crippen LogP contribution in [0.1, 0.15) is 25.7 Å². The van der Waals surface area contributed by atoms with Crippen molar-refractivity contribution in [2.45, 2.75) is 31.2 Å². The third kappa shape index (κ3) is 5.43. The molecule has 0 bridgehead atoms. The van der Waals surface area contributed by atoms with Gasteiger partial charge < -0.3 is 0 Å². The molecule has 2 heterocycles. The molecule has 0 atom stereocenters. The second-order valence-electron chi connectivity index (χ2n) is 6.30. The number of aromatic nitrogens is 2. The number of aryl methyl sites for hydroxylation is 1. The molecule has 158 valence electrons. The summed E-state index contributed by atoms with van der Waals surface area (Å²) in [6.45, 7) is 1.03. The quantitative estimate of drug-likeness (QED) is 0.433. The zero-order chi connectivity index (χ0) is 21.2. The first kappa shape index (κ1) is 22.6. The molecular weight excluding hydrogens is 423 g/mol. The maximum absolute atomic E-state index is 12.5. The van der Waals surface area contributed by atoms with Crippen LogP contribution in [0.5, 0.6) is 0 Å². The van der Waals surface area contributed by atoms with Crippen LogP contribution in [0, 0.1) is 0 Å². The van der Waals surface area contributed by atoms with Crippen LogP contribution in [0.4, 0.5) is 13.2 Å². The van der Waals surface area contributed by atoms with Crippen molar-refractivity contribution < 1.29 is 39.1 Å². The first-order valence-corrected chi connectivity index (χ1v) is 11.1. The number of hydrogen-bond acceptors (Lipinski definition) is 4. The van der Waals surface area contributed by atoms with Crippen molar-refractivity contribution >= 4 is 20.3 Å². The van der Waals surface area contributed by atoms with Crippen molar-refractivity contribution in [2.24, 2.45) is 7.05 Å². The Labute approximate surface area is 161 Å². The van der Waals surface area contributed by atoms with E-state index in [0.717, 1.165) is 19.3 Å². The van der Waals surface area contributed by atoms with Gasteiger partial charge in [-0.25, -0.2) is 4.57 Å². The SMILES string of the molecule is C[n+]1ccn(S(=O)(=O)N2CC=C(C3=CCCC3)CC2)c1.O=S(=O)(O)C(F)(F)F. The van der Waals surface area contributed by atoms with Crippen LogP contribution in [-0.4, -0.2) is 48.3 Å². The molecule has 0 radical (unpaired) electrons. The van der Waals surface area contributed by atoms with Gasteiger partial charge >= 0.3 is 25.8 Å². The van der Waals surface area contributed by atoms with Crippen molar-refractivity contribution in [3.8, 4) is 0 Å². The molecular formula is C15H21F3N3O5S2+. The minimum atomic E-state index is -5.84. The van der Waals surface area contributed by atoms with Gasteiger partial charge in [0.25, 0.3) is 6.33 Å². The number of rotatable bonds is 3. The topological polar surface area (TPSA) is 101 Å². The summed E-state index contributed by atoms with van der Waals surface area (Å²) in [5.41, 5.74) is -2.77. The molecule has 1 N–H and O–H groups in total. The van der Waals surface area contributed by atoms with Gasteiger partial charge in [-0.05, 0) is 36.8 Å². The molecule has 0 aromatic carbocycles. The smallest absolute Gasteiger partial charge is 0.279 e. The van der Waals surface area contributed by atoms with Crippen LogP contribution in [0.3, 0.4) is 0 Å². The highest BCUT2D eigenvalue weighted by Crippen LogP contribution is 2.29. The number of alkyl halides is 3. The standard InChI is InChI=1S/C14H20N3O2S.CHF3O3S/c1-15-10-11-17(12-15)20(18,19)16-8-6-14(7-9-16)13-4-2-3-5-13;2-1(3,4)8(5,6)7/h4,6,10-12H,2-3,5,7-9H2,1H3;(H,5,6,7)/q+1;. The van der Waals surface area contributed by atoms with Crippen LogP contribution in [0.2, 0.25) is 0 Å². The predicted octanol–water partition coefficient (Wildman–Crippen LogP) is 1.54. The molecule has 0 amide bonds. The van der Waals surface area contributed by atoms with Crippen molar-refractivity contribution in [3.05, 3.63) is 42.0 Å². The molecule has 28 heavy (non-hydrogen) atoms. The lowest BCUT2D eigenvalue weighted by atomic mass is 10.00. The van der Waals surface area contributed by atoms with E-state index in [0.29, 0.717) is 13.1 Å². The molecule has 0 spiro atoms. The van der Waals surface area contributed by atoms with E-state index < -0.39 is 25.8 Å². The Morgan fingerprint density at radius 2 is 1.71 bits per heavy atom. The van der Waals surface area contributed by atoms with E-state index in [1.165, 1.54) is 25.8 Å². The van der Waals surface area contributed by atoms with E-state index in [4.69, 9.17) is 13.0 Å². The van der Waals surface area contributed by atoms with Gasteiger partial charge in [0.15, 0.2) is 0 Å². The maximum Gasteiger partial charge on any atom is 0.522 e. The summed E-state index contributed by atoms with van der Waals surface area (Å²) in [6, 6.07) is 0. The zero-order valence-corrected chi connectivity index (χ0v) is 16.6. The number of allylic oxidation sites excluding steroid dienone is 2. The van der Waals surface area contributed by atoms with Gasteiger partial charge in [-0.2, -0.15) is 34.3 Å². The molecule has 0 unspecified atom stereocenters. The number of nitrogens with zero attached hydrogens (tertiary/aromatic N) is 3. The van der Waals surface area contributed by atoms with Gasteiger partial charge in [0.1, 0.15) is 12.4 Å². The number of imidazole rings is 1. The fraction of sp³-hybridized carbons (Fsp3) is 0.533.